The first-order valence-electron chi connectivity index (χ1n) is 24.2. The van der Waals surface area contributed by atoms with Gasteiger partial charge in [-0.2, -0.15) is 0 Å². The number of esters is 4. The summed E-state index contributed by atoms with van der Waals surface area (Å²) in [6.45, 7) is 18.7. The zero-order valence-corrected chi connectivity index (χ0v) is 41.6. The Balaban J connectivity index is 0.00000103. The van der Waals surface area contributed by atoms with E-state index < -0.39 is 0 Å². The van der Waals surface area contributed by atoms with Crippen molar-refractivity contribution in [1.29, 1.82) is 0 Å². The van der Waals surface area contributed by atoms with Gasteiger partial charge in [-0.3, -0.25) is 28.8 Å². The lowest BCUT2D eigenvalue weighted by molar-refractivity contribution is -0.148. The number of carbonyl (C=O) groups is 6. The van der Waals surface area contributed by atoms with E-state index in [1.165, 1.54) is 20.1 Å². The number of rotatable bonds is 29. The fraction of sp³-hybridized carbons (Fsp3) is 0.692. The Morgan fingerprint density at radius 1 is 0.723 bits per heavy atom. The van der Waals surface area contributed by atoms with E-state index in [-0.39, 0.29) is 65.9 Å². The van der Waals surface area contributed by atoms with Crippen molar-refractivity contribution in [3.05, 3.63) is 60.4 Å². The number of Topliss-reactive ketones (excluding diaryl/α,β-unsaturated/α-hetero) is 2. The van der Waals surface area contributed by atoms with Gasteiger partial charge in [0, 0.05) is 45.4 Å². The van der Waals surface area contributed by atoms with Crippen LogP contribution in [0.2, 0.25) is 0 Å². The highest BCUT2D eigenvalue weighted by molar-refractivity contribution is 6.16. The first-order valence-corrected chi connectivity index (χ1v) is 24.2. The summed E-state index contributed by atoms with van der Waals surface area (Å²) in [5, 5.41) is 8.27. The molecule has 2 rings (SSSR count). The molecule has 1 N–H and O–H groups in total. The van der Waals surface area contributed by atoms with Gasteiger partial charge in [0.1, 0.15) is 18.0 Å². The third kappa shape index (κ3) is 33.0. The van der Waals surface area contributed by atoms with Crippen molar-refractivity contribution in [1.82, 2.24) is 0 Å². The number of hydrogen-bond donors (Lipinski definition) is 1. The molecule has 0 aliphatic heterocycles. The minimum Gasteiger partial charge on any atom is -0.543 e. The Morgan fingerprint density at radius 2 is 1.25 bits per heavy atom. The zero-order chi connectivity index (χ0) is 49.0. The fourth-order valence-corrected chi connectivity index (χ4v) is 7.42. The van der Waals surface area contributed by atoms with Gasteiger partial charge in [-0.1, -0.05) is 89.8 Å². The summed E-state index contributed by atoms with van der Waals surface area (Å²) in [6.07, 6.45) is 31.6. The van der Waals surface area contributed by atoms with Crippen LogP contribution < -0.4 is 0 Å². The van der Waals surface area contributed by atoms with Crippen LogP contribution in [0.5, 0.6) is 0 Å². The fourth-order valence-electron chi connectivity index (χ4n) is 7.42. The molecule has 1 fully saturated rings. The molecule has 2 aliphatic carbocycles. The van der Waals surface area contributed by atoms with Gasteiger partial charge in [-0.25, -0.2) is 0 Å². The molecular weight excluding hydrogens is 827 g/mol. The van der Waals surface area contributed by atoms with E-state index in [1.807, 2.05) is 45.9 Å². The Hall–Kier alpha value is -4.26. The normalized spacial score (nSPS) is 19.2. The Morgan fingerprint density at radius 3 is 1.71 bits per heavy atom. The van der Waals surface area contributed by atoms with Gasteiger partial charge < -0.3 is 28.6 Å². The lowest BCUT2D eigenvalue weighted by atomic mass is 9.87. The minimum atomic E-state index is -0.311. The van der Waals surface area contributed by atoms with Crippen LogP contribution in [0.3, 0.4) is 0 Å². The van der Waals surface area contributed by atoms with Gasteiger partial charge >= 0.3 is 31.6 Å². The van der Waals surface area contributed by atoms with Crippen molar-refractivity contribution >= 4 is 43.1 Å². The van der Waals surface area contributed by atoms with Gasteiger partial charge in [-0.15, -0.1) is 0 Å². The third-order valence-electron chi connectivity index (χ3n) is 10.5. The smallest absolute Gasteiger partial charge is 0.543 e. The molecule has 0 aromatic carbocycles. The molecule has 0 spiro atoms. The Bertz CT molecular complexity index is 1530. The molecule has 367 valence electrons. The van der Waals surface area contributed by atoms with E-state index in [4.69, 9.17) is 24.0 Å². The number of hydrogen-bond acceptors (Lipinski definition) is 12. The summed E-state index contributed by atoms with van der Waals surface area (Å²) in [5.41, 5.74) is 0.933. The quantitative estimate of drug-likeness (QED) is 0.0188. The molecule has 0 saturated heterocycles. The summed E-state index contributed by atoms with van der Waals surface area (Å²) in [6, 6.07) is 0. The van der Waals surface area contributed by atoms with Gasteiger partial charge in [0.2, 0.25) is 0 Å². The van der Waals surface area contributed by atoms with E-state index in [9.17, 15) is 28.8 Å². The average Bonchev–Trinajstić information content (AvgIpc) is 3.69. The van der Waals surface area contributed by atoms with Crippen molar-refractivity contribution in [3.63, 3.8) is 0 Å². The maximum absolute atomic E-state index is 12.5. The standard InChI is InChI=1S/C26H42O5.C16H24O3.C10H18BO4/c1-6-7-10-13-22(31-21(5)27)16-17-23-20(4)18-25(28)24(23)14-11-8-9-12-15-26(29)30-19(2)3;1-12(2)19-16(18)9-7-5-4-6-8-14-10-13(3)11-15(14)17;1-3-4-5-6-10(15-9(2)12)7-8-14-11-13/h8,11,16-17,19-20,22-24H,6-7,9-10,12-15,18H2,1-5H3;4,6,10,12-13H,5,7-9,11H2,1-3H3;7-8,10,13H,3-6H2,1-2H3/b11-8-,17-16+;6-4-;8-7+/t20-,22?,23+,24-;13-;/m10./s1. The molecule has 0 aromatic rings. The van der Waals surface area contributed by atoms with Crippen molar-refractivity contribution in [2.24, 2.45) is 23.7 Å². The average molecular weight is 912 g/mol. The number of unbranched alkanes of at least 4 members (excludes halogenated alkanes) is 6. The zero-order valence-electron chi connectivity index (χ0n) is 41.6. The van der Waals surface area contributed by atoms with Crippen LogP contribution in [-0.4, -0.2) is 72.6 Å². The van der Waals surface area contributed by atoms with Crippen molar-refractivity contribution in [2.45, 2.75) is 209 Å². The second-order valence-corrected chi connectivity index (χ2v) is 17.6. The predicted octanol–water partition coefficient (Wildman–Crippen LogP) is 11.1. The summed E-state index contributed by atoms with van der Waals surface area (Å²) in [7, 11) is 0.577. The SMILES string of the molecule is CC(C)OC(=O)CCC/C=C\CC1=C[C@H](C)CC1=O.CCCCCC(/C=C/O[B]O)OC(C)=O.CCCCCC(/C=C/[C@H]1[C@H](C)CC(=O)[C@@H]1C/C=C\CCCC(=O)OC(C)C)OC(C)=O. The van der Waals surface area contributed by atoms with Crippen LogP contribution in [-0.2, 0) is 52.4 Å². The van der Waals surface area contributed by atoms with E-state index in [1.54, 1.807) is 6.08 Å². The highest BCUT2D eigenvalue weighted by atomic mass is 16.6. The molecule has 65 heavy (non-hydrogen) atoms. The van der Waals surface area contributed by atoms with E-state index in [0.717, 1.165) is 89.0 Å². The molecule has 1 radical (unpaired) electrons. The van der Waals surface area contributed by atoms with Gasteiger partial charge in [0.25, 0.3) is 0 Å². The number of ketones is 2. The molecule has 13 heteroatoms. The van der Waals surface area contributed by atoms with E-state index >= 15 is 0 Å². The molecule has 0 aromatic heterocycles. The molecule has 12 nitrogen and oxygen atoms in total. The molecule has 2 aliphatic rings. The molecule has 6 atom stereocenters. The van der Waals surface area contributed by atoms with Crippen LogP contribution in [0.1, 0.15) is 185 Å². The monoisotopic (exact) mass is 912 g/mol. The number of carbonyl (C=O) groups excluding carboxylic acids is 6. The third-order valence-corrected chi connectivity index (χ3v) is 10.5. The molecule has 0 bridgehead atoms. The Kier molecular flexibility index (Phi) is 35.4. The first kappa shape index (κ1) is 60.7. The lowest BCUT2D eigenvalue weighted by Crippen LogP contribution is -2.17. The molecule has 1 saturated carbocycles. The molecule has 0 amide bonds. The highest BCUT2D eigenvalue weighted by Gasteiger charge is 2.37. The van der Waals surface area contributed by atoms with Crippen molar-refractivity contribution in [3.8, 4) is 0 Å². The van der Waals surface area contributed by atoms with Gasteiger partial charge in [0.05, 0.1) is 18.5 Å². The molecule has 0 heterocycles. The maximum atomic E-state index is 12.5. The summed E-state index contributed by atoms with van der Waals surface area (Å²) >= 11 is 0. The van der Waals surface area contributed by atoms with Crippen LogP contribution in [0.4, 0.5) is 0 Å². The van der Waals surface area contributed by atoms with Gasteiger partial charge in [-0.05, 0) is 127 Å². The second-order valence-electron chi connectivity index (χ2n) is 17.6. The van der Waals surface area contributed by atoms with Crippen molar-refractivity contribution < 1.29 is 57.4 Å². The number of ether oxygens (including phenoxy) is 4. The number of allylic oxidation sites excluding steroid dienone is 7. The van der Waals surface area contributed by atoms with Crippen LogP contribution in [0, 0.1) is 23.7 Å². The summed E-state index contributed by atoms with van der Waals surface area (Å²) in [4.78, 5) is 69.1. The largest absolute Gasteiger partial charge is 0.568 e. The highest BCUT2D eigenvalue weighted by Crippen LogP contribution is 2.38. The van der Waals surface area contributed by atoms with Crippen molar-refractivity contribution in [2.75, 3.05) is 0 Å². The van der Waals surface area contributed by atoms with Gasteiger partial charge in [0.15, 0.2) is 5.78 Å². The van der Waals surface area contributed by atoms with Crippen LogP contribution >= 0.6 is 0 Å². The maximum Gasteiger partial charge on any atom is 0.568 e. The second kappa shape index (κ2) is 37.9. The van der Waals surface area contributed by atoms with E-state index in [2.05, 4.69) is 56.7 Å². The summed E-state index contributed by atoms with van der Waals surface area (Å²) in [5.74, 6) is 0.542. The minimum absolute atomic E-state index is 0.0259. The lowest BCUT2D eigenvalue weighted by Gasteiger charge is -2.19. The first-order chi connectivity index (χ1) is 30.9. The molecule has 2 unspecified atom stereocenters. The molecular formula is C52H84BO12. The topological polar surface area (TPSA) is 169 Å². The summed E-state index contributed by atoms with van der Waals surface area (Å²) < 4.78 is 25.2. The van der Waals surface area contributed by atoms with Crippen LogP contribution in [0.15, 0.2) is 60.4 Å². The predicted molar refractivity (Wildman–Crippen MR) is 257 cm³/mol. The van der Waals surface area contributed by atoms with E-state index in [0.29, 0.717) is 57.4 Å². The van der Waals surface area contributed by atoms with Crippen LogP contribution in [0.25, 0.3) is 0 Å². The Labute approximate surface area is 392 Å².